The highest BCUT2D eigenvalue weighted by molar-refractivity contribution is 7.92. The lowest BCUT2D eigenvalue weighted by Crippen LogP contribution is -2.31. The molecule has 3 rings (SSSR count). The van der Waals surface area contributed by atoms with Gasteiger partial charge in [0.15, 0.2) is 0 Å². The van der Waals surface area contributed by atoms with Crippen molar-refractivity contribution in [3.63, 3.8) is 0 Å². The van der Waals surface area contributed by atoms with E-state index < -0.39 is 16.1 Å². The zero-order chi connectivity index (χ0) is 19.3. The Kier molecular flexibility index (Phi) is 6.01. The Labute approximate surface area is 160 Å². The standard InChI is InChI=1S/C20H24N2O4S/c1-2-3-13-27(24,25)22-12-11-17-9-10-18(14-19(17)22)21-20(23)26-15-16-7-5-4-6-8-16/h4-10,14H,2-3,11-13,15H2,1H3,(H,21,23). The largest absolute Gasteiger partial charge is 0.444 e. The topological polar surface area (TPSA) is 75.7 Å². The molecule has 0 saturated carbocycles. The van der Waals surface area contributed by atoms with Crippen LogP contribution in [0.15, 0.2) is 48.5 Å². The van der Waals surface area contributed by atoms with E-state index in [0.717, 1.165) is 17.5 Å². The van der Waals surface area contributed by atoms with Crippen LogP contribution < -0.4 is 9.62 Å². The van der Waals surface area contributed by atoms with E-state index in [1.54, 1.807) is 12.1 Å². The molecule has 2 aromatic rings. The highest BCUT2D eigenvalue weighted by Crippen LogP contribution is 2.33. The molecule has 0 saturated heterocycles. The Morgan fingerprint density at radius 3 is 2.70 bits per heavy atom. The van der Waals surface area contributed by atoms with Crippen LogP contribution in [-0.4, -0.2) is 26.8 Å². The second-order valence-corrected chi connectivity index (χ2v) is 8.53. The van der Waals surface area contributed by atoms with Gasteiger partial charge < -0.3 is 4.74 Å². The van der Waals surface area contributed by atoms with Gasteiger partial charge in [-0.25, -0.2) is 13.2 Å². The first kappa shape index (κ1) is 19.2. The number of rotatable bonds is 7. The van der Waals surface area contributed by atoms with Gasteiger partial charge in [-0.1, -0.05) is 49.7 Å². The van der Waals surface area contributed by atoms with Crippen molar-refractivity contribution in [3.8, 4) is 0 Å². The number of unbranched alkanes of at least 4 members (excludes halogenated alkanes) is 1. The zero-order valence-electron chi connectivity index (χ0n) is 15.3. The number of sulfonamides is 1. The number of benzene rings is 2. The first-order valence-corrected chi connectivity index (χ1v) is 10.7. The van der Waals surface area contributed by atoms with Gasteiger partial charge in [0.1, 0.15) is 6.61 Å². The second kappa shape index (κ2) is 8.43. The molecule has 0 bridgehead atoms. The van der Waals surface area contributed by atoms with Gasteiger partial charge in [-0.05, 0) is 36.1 Å². The predicted molar refractivity (Wildman–Crippen MR) is 106 cm³/mol. The minimum absolute atomic E-state index is 0.139. The van der Waals surface area contributed by atoms with Crippen LogP contribution in [0.4, 0.5) is 16.2 Å². The average Bonchev–Trinajstić information content (AvgIpc) is 3.10. The molecule has 144 valence electrons. The van der Waals surface area contributed by atoms with E-state index in [0.29, 0.717) is 30.8 Å². The minimum Gasteiger partial charge on any atom is -0.444 e. The van der Waals surface area contributed by atoms with E-state index in [-0.39, 0.29) is 12.4 Å². The fraction of sp³-hybridized carbons (Fsp3) is 0.350. The van der Waals surface area contributed by atoms with E-state index in [2.05, 4.69) is 5.32 Å². The summed E-state index contributed by atoms with van der Waals surface area (Å²) in [5, 5.41) is 2.67. The minimum atomic E-state index is -3.34. The summed E-state index contributed by atoms with van der Waals surface area (Å²) < 4.78 is 31.8. The number of ether oxygens (including phenoxy) is 1. The van der Waals surface area contributed by atoms with Gasteiger partial charge in [0.25, 0.3) is 0 Å². The average molecular weight is 388 g/mol. The monoisotopic (exact) mass is 388 g/mol. The van der Waals surface area contributed by atoms with Crippen molar-refractivity contribution in [1.82, 2.24) is 0 Å². The van der Waals surface area contributed by atoms with Gasteiger partial charge in [-0.3, -0.25) is 9.62 Å². The Morgan fingerprint density at radius 2 is 1.96 bits per heavy atom. The molecule has 1 aliphatic heterocycles. The molecule has 0 aromatic heterocycles. The van der Waals surface area contributed by atoms with Crippen LogP contribution in [0, 0.1) is 0 Å². The van der Waals surface area contributed by atoms with Crippen LogP contribution in [0.3, 0.4) is 0 Å². The van der Waals surface area contributed by atoms with Crippen LogP contribution >= 0.6 is 0 Å². The molecule has 0 spiro atoms. The molecule has 0 radical (unpaired) electrons. The second-order valence-electron chi connectivity index (χ2n) is 6.52. The van der Waals surface area contributed by atoms with Crippen molar-refractivity contribution in [2.24, 2.45) is 0 Å². The molecule has 1 amide bonds. The summed E-state index contributed by atoms with van der Waals surface area (Å²) in [6, 6.07) is 14.7. The third-order valence-corrected chi connectivity index (χ3v) is 6.34. The van der Waals surface area contributed by atoms with Gasteiger partial charge in [0, 0.05) is 12.2 Å². The molecule has 0 aliphatic carbocycles. The molecule has 1 heterocycles. The summed E-state index contributed by atoms with van der Waals surface area (Å²) in [4.78, 5) is 12.0. The van der Waals surface area contributed by atoms with Crippen molar-refractivity contribution in [2.75, 3.05) is 21.9 Å². The molecule has 2 aromatic carbocycles. The van der Waals surface area contributed by atoms with Crippen LogP contribution in [0.5, 0.6) is 0 Å². The Bertz CT molecular complexity index is 897. The van der Waals surface area contributed by atoms with E-state index in [9.17, 15) is 13.2 Å². The third kappa shape index (κ3) is 4.80. The van der Waals surface area contributed by atoms with Crippen LogP contribution in [0.2, 0.25) is 0 Å². The maximum atomic E-state index is 12.6. The van der Waals surface area contributed by atoms with E-state index >= 15 is 0 Å². The summed E-state index contributed by atoms with van der Waals surface area (Å²) in [6.07, 6.45) is 1.57. The predicted octanol–water partition coefficient (Wildman–Crippen LogP) is 3.93. The number of nitrogens with one attached hydrogen (secondary N) is 1. The van der Waals surface area contributed by atoms with Crippen molar-refractivity contribution in [1.29, 1.82) is 0 Å². The summed E-state index contributed by atoms with van der Waals surface area (Å²) in [6.45, 7) is 2.59. The highest BCUT2D eigenvalue weighted by atomic mass is 32.2. The van der Waals surface area contributed by atoms with Gasteiger partial charge in [-0.15, -0.1) is 0 Å². The van der Waals surface area contributed by atoms with Gasteiger partial charge in [-0.2, -0.15) is 0 Å². The molecule has 7 heteroatoms. The van der Waals surface area contributed by atoms with Gasteiger partial charge >= 0.3 is 6.09 Å². The number of amides is 1. The summed E-state index contributed by atoms with van der Waals surface area (Å²) in [7, 11) is -3.34. The van der Waals surface area contributed by atoms with Crippen LogP contribution in [-0.2, 0) is 27.8 Å². The van der Waals surface area contributed by atoms with Crippen molar-refractivity contribution < 1.29 is 17.9 Å². The number of fused-ring (bicyclic) bond motifs is 1. The van der Waals surface area contributed by atoms with Crippen LogP contribution in [0.25, 0.3) is 0 Å². The highest BCUT2D eigenvalue weighted by Gasteiger charge is 2.29. The third-order valence-electron chi connectivity index (χ3n) is 4.49. The normalized spacial score (nSPS) is 13.3. The lowest BCUT2D eigenvalue weighted by molar-refractivity contribution is 0.155. The SMILES string of the molecule is CCCCS(=O)(=O)N1CCc2ccc(NC(=O)OCc3ccccc3)cc21. The fourth-order valence-electron chi connectivity index (χ4n) is 3.03. The number of carbonyl (C=O) groups excluding carboxylic acids is 1. The van der Waals surface area contributed by atoms with Gasteiger partial charge in [0.05, 0.1) is 11.4 Å². The van der Waals surface area contributed by atoms with Crippen LogP contribution in [0.1, 0.15) is 30.9 Å². The molecule has 0 fully saturated rings. The quantitative estimate of drug-likeness (QED) is 0.780. The molecular formula is C20H24N2O4S. The number of carbonyl (C=O) groups is 1. The van der Waals surface area contributed by atoms with E-state index in [1.807, 2.05) is 43.3 Å². The molecule has 0 unspecified atom stereocenters. The maximum absolute atomic E-state index is 12.6. The molecular weight excluding hydrogens is 364 g/mol. The zero-order valence-corrected chi connectivity index (χ0v) is 16.2. The Morgan fingerprint density at radius 1 is 1.19 bits per heavy atom. The molecule has 6 nitrogen and oxygen atoms in total. The molecule has 27 heavy (non-hydrogen) atoms. The lowest BCUT2D eigenvalue weighted by atomic mass is 10.1. The fourth-order valence-corrected chi connectivity index (χ4v) is 4.74. The number of hydrogen-bond donors (Lipinski definition) is 1. The summed E-state index contributed by atoms with van der Waals surface area (Å²) in [5.41, 5.74) is 3.03. The number of hydrogen-bond acceptors (Lipinski definition) is 4. The molecule has 1 aliphatic rings. The maximum Gasteiger partial charge on any atom is 0.411 e. The van der Waals surface area contributed by atoms with E-state index in [1.165, 1.54) is 4.31 Å². The summed E-state index contributed by atoms with van der Waals surface area (Å²) in [5.74, 6) is 0.139. The number of anilines is 2. The Balaban J connectivity index is 1.66. The first-order valence-electron chi connectivity index (χ1n) is 9.10. The Hall–Kier alpha value is -2.54. The number of nitrogens with zero attached hydrogens (tertiary/aromatic N) is 1. The van der Waals surface area contributed by atoms with Crippen molar-refractivity contribution in [2.45, 2.75) is 32.8 Å². The molecule has 0 atom stereocenters. The summed E-state index contributed by atoms with van der Waals surface area (Å²) >= 11 is 0. The van der Waals surface area contributed by atoms with E-state index in [4.69, 9.17) is 4.74 Å². The van der Waals surface area contributed by atoms with Crippen molar-refractivity contribution in [3.05, 3.63) is 59.7 Å². The first-order chi connectivity index (χ1) is 13.0. The lowest BCUT2D eigenvalue weighted by Gasteiger charge is -2.20. The van der Waals surface area contributed by atoms with Gasteiger partial charge in [0.2, 0.25) is 10.0 Å². The van der Waals surface area contributed by atoms with Crippen molar-refractivity contribution >= 4 is 27.5 Å². The molecule has 1 N–H and O–H groups in total. The smallest absolute Gasteiger partial charge is 0.411 e.